The zero-order valence-corrected chi connectivity index (χ0v) is 15.7. The monoisotopic (exact) mass is 408 g/mol. The summed E-state index contributed by atoms with van der Waals surface area (Å²) in [5.41, 5.74) is -0.0636. The highest BCUT2D eigenvalue weighted by molar-refractivity contribution is 5.93. The van der Waals surface area contributed by atoms with Crippen LogP contribution >= 0.6 is 0 Å². The predicted octanol–water partition coefficient (Wildman–Crippen LogP) is 0.899. The van der Waals surface area contributed by atoms with Crippen LogP contribution in [0.5, 0.6) is 0 Å². The Morgan fingerprint density at radius 3 is 2.80 bits per heavy atom. The van der Waals surface area contributed by atoms with Gasteiger partial charge < -0.3 is 10.3 Å². The molecule has 3 aromatic heterocycles. The lowest BCUT2D eigenvalue weighted by Gasteiger charge is -2.08. The third-order valence-electron chi connectivity index (χ3n) is 4.59. The van der Waals surface area contributed by atoms with Crippen LogP contribution in [0.25, 0.3) is 11.0 Å². The van der Waals surface area contributed by atoms with Crippen molar-refractivity contribution in [1.82, 2.24) is 29.6 Å². The summed E-state index contributed by atoms with van der Waals surface area (Å²) in [5.74, 6) is -0.901. The third kappa shape index (κ3) is 3.75. The number of fused-ring (bicyclic) bond motifs is 1. The molecule has 1 amide bonds. The Balaban J connectivity index is 1.49. The number of carbonyl (C=O) groups excluding carboxylic acids is 1. The van der Waals surface area contributed by atoms with Crippen LogP contribution in [0.2, 0.25) is 0 Å². The Bertz CT molecular complexity index is 1340. The molecule has 4 rings (SSSR count). The van der Waals surface area contributed by atoms with Gasteiger partial charge in [0.2, 0.25) is 0 Å². The van der Waals surface area contributed by atoms with Crippen LogP contribution in [-0.2, 0) is 13.1 Å². The van der Waals surface area contributed by atoms with Gasteiger partial charge in [-0.2, -0.15) is 5.10 Å². The van der Waals surface area contributed by atoms with Crippen molar-refractivity contribution in [3.05, 3.63) is 92.8 Å². The molecule has 0 atom stereocenters. The summed E-state index contributed by atoms with van der Waals surface area (Å²) in [6, 6.07) is 9.22. The van der Waals surface area contributed by atoms with Gasteiger partial charge >= 0.3 is 0 Å². The first-order valence-electron chi connectivity index (χ1n) is 9.15. The van der Waals surface area contributed by atoms with Gasteiger partial charge in [-0.3, -0.25) is 19.0 Å². The van der Waals surface area contributed by atoms with E-state index in [2.05, 4.69) is 20.4 Å². The average Bonchev–Trinajstić information content (AvgIpc) is 3.15. The number of aromatic amines is 1. The van der Waals surface area contributed by atoms with E-state index in [1.807, 2.05) is 0 Å². The number of hydrogen-bond donors (Lipinski definition) is 2. The van der Waals surface area contributed by atoms with Crippen molar-refractivity contribution < 1.29 is 9.18 Å². The second kappa shape index (κ2) is 8.11. The predicted molar refractivity (Wildman–Crippen MR) is 107 cm³/mol. The average molecular weight is 408 g/mol. The molecule has 2 N–H and O–H groups in total. The molecule has 152 valence electrons. The maximum absolute atomic E-state index is 13.9. The summed E-state index contributed by atoms with van der Waals surface area (Å²) in [6.07, 6.45) is 4.18. The van der Waals surface area contributed by atoms with Crippen molar-refractivity contribution in [2.75, 3.05) is 6.54 Å². The maximum atomic E-state index is 13.9. The third-order valence-corrected chi connectivity index (χ3v) is 4.59. The van der Waals surface area contributed by atoms with E-state index in [1.54, 1.807) is 24.3 Å². The Hall–Kier alpha value is -4.08. The molecule has 30 heavy (non-hydrogen) atoms. The highest BCUT2D eigenvalue weighted by atomic mass is 19.1. The van der Waals surface area contributed by atoms with Crippen molar-refractivity contribution in [1.29, 1.82) is 0 Å². The van der Waals surface area contributed by atoms with Gasteiger partial charge in [-0.25, -0.2) is 14.1 Å². The standard InChI is InChI=1S/C20H17FN6O3/c21-16-6-2-1-4-13(16)11-26-12-24-17-15(20(26)30)10-25-27(17)9-8-23-19(29)14-5-3-7-22-18(14)28/h1-7,10,12H,8-9,11H2,(H,22,28)(H,23,29). The first-order valence-corrected chi connectivity index (χ1v) is 9.15. The summed E-state index contributed by atoms with van der Waals surface area (Å²) in [4.78, 5) is 43.2. The zero-order valence-electron chi connectivity index (χ0n) is 15.7. The molecule has 0 saturated heterocycles. The molecule has 9 nitrogen and oxygen atoms in total. The Kier molecular flexibility index (Phi) is 5.21. The number of carbonyl (C=O) groups is 1. The van der Waals surface area contributed by atoms with Gasteiger partial charge in [-0.05, 0) is 18.2 Å². The number of pyridine rings is 1. The number of H-pyrrole nitrogens is 1. The van der Waals surface area contributed by atoms with Gasteiger partial charge in [0.25, 0.3) is 17.0 Å². The summed E-state index contributed by atoms with van der Waals surface area (Å²) in [7, 11) is 0. The highest BCUT2D eigenvalue weighted by Gasteiger charge is 2.13. The van der Waals surface area contributed by atoms with Crippen molar-refractivity contribution in [3.63, 3.8) is 0 Å². The number of aromatic nitrogens is 5. The summed E-state index contributed by atoms with van der Waals surface area (Å²) in [6.45, 7) is 0.495. The van der Waals surface area contributed by atoms with E-state index in [0.29, 0.717) is 16.6 Å². The normalized spacial score (nSPS) is 11.0. The van der Waals surface area contributed by atoms with Crippen molar-refractivity contribution in [3.8, 4) is 0 Å². The van der Waals surface area contributed by atoms with Gasteiger partial charge in [0.1, 0.15) is 23.1 Å². The molecule has 0 aliphatic carbocycles. The molecule has 0 saturated carbocycles. The van der Waals surface area contributed by atoms with E-state index in [4.69, 9.17) is 0 Å². The van der Waals surface area contributed by atoms with Gasteiger partial charge in [0.05, 0.1) is 19.3 Å². The largest absolute Gasteiger partial charge is 0.350 e. The molecule has 0 fully saturated rings. The molecule has 0 spiro atoms. The van der Waals surface area contributed by atoms with E-state index < -0.39 is 17.3 Å². The van der Waals surface area contributed by atoms with Crippen LogP contribution in [0.3, 0.4) is 0 Å². The molecule has 4 aromatic rings. The van der Waals surface area contributed by atoms with Crippen LogP contribution in [0.1, 0.15) is 15.9 Å². The summed E-state index contributed by atoms with van der Waals surface area (Å²) in [5, 5.41) is 7.08. The minimum absolute atomic E-state index is 0.0111. The Morgan fingerprint density at radius 2 is 2.00 bits per heavy atom. The fourth-order valence-electron chi connectivity index (χ4n) is 3.05. The number of halogens is 1. The van der Waals surface area contributed by atoms with Gasteiger partial charge in [-0.15, -0.1) is 0 Å². The second-order valence-electron chi connectivity index (χ2n) is 6.54. The van der Waals surface area contributed by atoms with Crippen LogP contribution in [0.4, 0.5) is 4.39 Å². The molecule has 0 bridgehead atoms. The quantitative estimate of drug-likeness (QED) is 0.492. The molecule has 0 radical (unpaired) electrons. The van der Waals surface area contributed by atoms with E-state index in [-0.39, 0.29) is 30.8 Å². The van der Waals surface area contributed by atoms with Crippen molar-refractivity contribution >= 4 is 16.9 Å². The van der Waals surface area contributed by atoms with Crippen LogP contribution in [0.15, 0.2) is 64.7 Å². The molecule has 3 heterocycles. The topological polar surface area (TPSA) is 115 Å². The fraction of sp³-hybridized carbons (Fsp3) is 0.150. The molecular weight excluding hydrogens is 391 g/mol. The molecular formula is C20H17FN6O3. The fourth-order valence-corrected chi connectivity index (χ4v) is 3.05. The molecule has 1 aromatic carbocycles. The maximum Gasteiger partial charge on any atom is 0.264 e. The van der Waals surface area contributed by atoms with E-state index in [9.17, 15) is 18.8 Å². The SMILES string of the molecule is O=C(NCCn1ncc2c(=O)n(Cc3ccccc3F)cnc21)c1ccc[nH]c1=O. The molecule has 10 heteroatoms. The van der Waals surface area contributed by atoms with Gasteiger partial charge in [-0.1, -0.05) is 18.2 Å². The number of amides is 1. The second-order valence-corrected chi connectivity index (χ2v) is 6.54. The minimum atomic E-state index is -0.506. The Morgan fingerprint density at radius 1 is 1.17 bits per heavy atom. The number of benzene rings is 1. The first kappa shape index (κ1) is 19.2. The zero-order chi connectivity index (χ0) is 21.1. The van der Waals surface area contributed by atoms with Crippen molar-refractivity contribution in [2.45, 2.75) is 13.1 Å². The summed E-state index contributed by atoms with van der Waals surface area (Å²) < 4.78 is 16.7. The summed E-state index contributed by atoms with van der Waals surface area (Å²) >= 11 is 0. The van der Waals surface area contributed by atoms with Gasteiger partial charge in [0, 0.05) is 18.3 Å². The highest BCUT2D eigenvalue weighted by Crippen LogP contribution is 2.09. The first-order chi connectivity index (χ1) is 14.5. The minimum Gasteiger partial charge on any atom is -0.350 e. The van der Waals surface area contributed by atoms with Crippen molar-refractivity contribution in [2.24, 2.45) is 0 Å². The lowest BCUT2D eigenvalue weighted by molar-refractivity contribution is 0.0950. The van der Waals surface area contributed by atoms with Crippen LogP contribution in [0, 0.1) is 5.82 Å². The Labute approximate surface area is 168 Å². The van der Waals surface area contributed by atoms with Gasteiger partial charge in [0.15, 0.2) is 5.65 Å². The number of nitrogens with one attached hydrogen (secondary N) is 2. The molecule has 0 aliphatic heterocycles. The smallest absolute Gasteiger partial charge is 0.264 e. The van der Waals surface area contributed by atoms with E-state index in [1.165, 1.54) is 40.1 Å². The number of hydrogen-bond acceptors (Lipinski definition) is 5. The van der Waals surface area contributed by atoms with E-state index in [0.717, 1.165) is 0 Å². The number of nitrogens with zero attached hydrogens (tertiary/aromatic N) is 4. The molecule has 0 unspecified atom stereocenters. The lowest BCUT2D eigenvalue weighted by Crippen LogP contribution is -2.31. The van der Waals surface area contributed by atoms with Crippen LogP contribution < -0.4 is 16.4 Å². The lowest BCUT2D eigenvalue weighted by atomic mass is 10.2. The van der Waals surface area contributed by atoms with Crippen LogP contribution in [-0.4, -0.2) is 36.8 Å². The molecule has 0 aliphatic rings. The number of rotatable bonds is 6. The van der Waals surface area contributed by atoms with E-state index >= 15 is 0 Å².